The number of rotatable bonds is 1. The molecule has 2 bridgehead atoms. The lowest BCUT2D eigenvalue weighted by molar-refractivity contribution is 0.163. The van der Waals surface area contributed by atoms with Gasteiger partial charge in [0, 0.05) is 3.92 Å². The molecule has 9 heavy (non-hydrogen) atoms. The van der Waals surface area contributed by atoms with Crippen LogP contribution in [-0.2, 0) is 0 Å². The van der Waals surface area contributed by atoms with E-state index in [2.05, 4.69) is 29.5 Å². The van der Waals surface area contributed by atoms with Gasteiger partial charge in [-0.1, -0.05) is 29.5 Å². The molecule has 0 radical (unpaired) electrons. The van der Waals surface area contributed by atoms with Gasteiger partial charge in [0.15, 0.2) is 0 Å². The molecule has 3 unspecified atom stereocenters. The smallest absolute Gasteiger partial charge is 0.0115 e. The van der Waals surface area contributed by atoms with Gasteiger partial charge in [-0.15, -0.1) is 0 Å². The largest absolute Gasteiger partial charge is 0.0826 e. The zero-order chi connectivity index (χ0) is 6.43. The predicted octanol–water partition coefficient (Wildman–Crippen LogP) is 2.86. The lowest BCUT2D eigenvalue weighted by Crippen LogP contribution is -2.33. The van der Waals surface area contributed by atoms with E-state index in [1.807, 2.05) is 0 Å². The third-order valence-electron chi connectivity index (χ3n) is 3.13. The Morgan fingerprint density at radius 3 is 2.11 bits per heavy atom. The van der Waals surface area contributed by atoms with Crippen molar-refractivity contribution in [3.8, 4) is 0 Å². The molecule has 0 aromatic heterocycles. The lowest BCUT2D eigenvalue weighted by atomic mass is 9.71. The molecule has 3 fully saturated rings. The van der Waals surface area contributed by atoms with E-state index in [1.54, 1.807) is 19.3 Å². The van der Waals surface area contributed by atoms with E-state index in [4.69, 9.17) is 0 Å². The van der Waals surface area contributed by atoms with Crippen molar-refractivity contribution >= 4 is 22.6 Å². The molecule has 52 valence electrons. The van der Waals surface area contributed by atoms with Gasteiger partial charge in [-0.3, -0.25) is 0 Å². The van der Waals surface area contributed by atoms with Crippen LogP contribution in [0.3, 0.4) is 0 Å². The summed E-state index contributed by atoms with van der Waals surface area (Å²) in [5, 5.41) is 0. The molecule has 0 heterocycles. The van der Waals surface area contributed by atoms with Crippen molar-refractivity contribution in [1.29, 1.82) is 0 Å². The van der Waals surface area contributed by atoms with Crippen LogP contribution in [0.2, 0.25) is 0 Å². The lowest BCUT2D eigenvalue weighted by Gasteiger charge is -2.37. The quantitative estimate of drug-likeness (QED) is 0.485. The van der Waals surface area contributed by atoms with E-state index in [9.17, 15) is 0 Å². The molecule has 0 aliphatic heterocycles. The van der Waals surface area contributed by atoms with E-state index in [-0.39, 0.29) is 0 Å². The second-order valence-corrected chi connectivity index (χ2v) is 5.55. The van der Waals surface area contributed by atoms with Gasteiger partial charge in [0.1, 0.15) is 0 Å². The first-order valence-corrected chi connectivity index (χ1v) is 5.17. The molecule has 0 amide bonds. The van der Waals surface area contributed by atoms with Crippen molar-refractivity contribution in [2.45, 2.75) is 30.1 Å². The van der Waals surface area contributed by atoms with E-state index in [1.165, 1.54) is 0 Å². The summed E-state index contributed by atoms with van der Waals surface area (Å²) in [6.45, 7) is 2.37. The van der Waals surface area contributed by atoms with Gasteiger partial charge in [0.25, 0.3) is 0 Å². The molecule has 3 aliphatic rings. The summed E-state index contributed by atoms with van der Waals surface area (Å²) >= 11 is 2.59. The Bertz CT molecular complexity index is 106. The Labute approximate surface area is 70.5 Å². The number of hydrogen-bond donors (Lipinski definition) is 0. The van der Waals surface area contributed by atoms with Gasteiger partial charge in [0.05, 0.1) is 0 Å². The third-order valence-corrected chi connectivity index (χ3v) is 3.96. The topological polar surface area (TPSA) is 0 Å². The molecule has 0 aromatic rings. The van der Waals surface area contributed by atoms with Crippen LogP contribution < -0.4 is 0 Å². The third kappa shape index (κ3) is 0.837. The van der Waals surface area contributed by atoms with E-state index < -0.39 is 0 Å². The maximum atomic E-state index is 2.59. The van der Waals surface area contributed by atoms with Crippen molar-refractivity contribution in [2.24, 2.45) is 17.8 Å². The molecule has 3 saturated carbocycles. The van der Waals surface area contributed by atoms with Crippen LogP contribution in [0.5, 0.6) is 0 Å². The van der Waals surface area contributed by atoms with Gasteiger partial charge < -0.3 is 0 Å². The summed E-state index contributed by atoms with van der Waals surface area (Å²) in [6.07, 6.45) is 4.66. The Balaban J connectivity index is 2.02. The minimum atomic E-state index is 0.939. The van der Waals surface area contributed by atoms with Crippen LogP contribution in [0.4, 0.5) is 0 Å². The molecule has 3 atom stereocenters. The van der Waals surface area contributed by atoms with E-state index in [0.29, 0.717) is 0 Å². The van der Waals surface area contributed by atoms with Gasteiger partial charge in [-0.25, -0.2) is 0 Å². The van der Waals surface area contributed by atoms with Crippen molar-refractivity contribution in [1.82, 2.24) is 0 Å². The highest BCUT2D eigenvalue weighted by atomic mass is 127. The first kappa shape index (κ1) is 6.44. The standard InChI is InChI=1S/C8H13I/c1-5(9)8-6-2-3-7(8)4-6/h5-8H,2-4H2,1H3. The maximum Gasteiger partial charge on any atom is 0.0115 e. The number of fused-ring (bicyclic) bond motifs is 1. The molecule has 0 spiro atoms. The van der Waals surface area contributed by atoms with E-state index >= 15 is 0 Å². The Morgan fingerprint density at radius 2 is 1.89 bits per heavy atom. The van der Waals surface area contributed by atoms with Gasteiger partial charge >= 0.3 is 0 Å². The van der Waals surface area contributed by atoms with Crippen molar-refractivity contribution in [3.63, 3.8) is 0 Å². The van der Waals surface area contributed by atoms with Crippen LogP contribution in [0.15, 0.2) is 0 Å². The molecule has 0 saturated heterocycles. The SMILES string of the molecule is CC(I)C1C2CCC1C2. The average Bonchev–Trinajstić information content (AvgIpc) is 2.13. The molecule has 0 N–H and O–H groups in total. The number of alkyl halides is 1. The highest BCUT2D eigenvalue weighted by molar-refractivity contribution is 14.1. The molecule has 1 heteroatoms. The normalized spacial score (nSPS) is 50.7. The summed E-state index contributed by atoms with van der Waals surface area (Å²) in [5.74, 6) is 3.40. The van der Waals surface area contributed by atoms with Crippen LogP contribution in [0, 0.1) is 17.8 Å². The minimum absolute atomic E-state index is 0.939. The Morgan fingerprint density at radius 1 is 1.33 bits per heavy atom. The van der Waals surface area contributed by atoms with E-state index in [0.717, 1.165) is 21.7 Å². The Hall–Kier alpha value is 0.730. The zero-order valence-corrected chi connectivity index (χ0v) is 7.97. The second kappa shape index (κ2) is 2.11. The fourth-order valence-corrected chi connectivity index (χ4v) is 3.87. The molecular formula is C8H13I. The highest BCUT2D eigenvalue weighted by Crippen LogP contribution is 2.56. The summed E-state index contributed by atoms with van der Waals surface area (Å²) in [5.41, 5.74) is 0. The summed E-state index contributed by atoms with van der Waals surface area (Å²) < 4.78 is 0.939. The predicted molar refractivity (Wildman–Crippen MR) is 47.8 cm³/mol. The van der Waals surface area contributed by atoms with Crippen LogP contribution in [0.1, 0.15) is 26.2 Å². The fraction of sp³-hybridized carbons (Fsp3) is 1.00. The monoisotopic (exact) mass is 236 g/mol. The summed E-state index contributed by atoms with van der Waals surface area (Å²) in [4.78, 5) is 0. The van der Waals surface area contributed by atoms with Crippen molar-refractivity contribution in [3.05, 3.63) is 0 Å². The maximum absolute atomic E-state index is 2.59. The molecular weight excluding hydrogens is 223 g/mol. The first-order valence-electron chi connectivity index (χ1n) is 3.93. The molecule has 3 aliphatic carbocycles. The van der Waals surface area contributed by atoms with Crippen LogP contribution >= 0.6 is 22.6 Å². The molecule has 3 rings (SSSR count). The molecule has 0 nitrogen and oxygen atoms in total. The fourth-order valence-electron chi connectivity index (χ4n) is 2.69. The second-order valence-electron chi connectivity index (χ2n) is 3.59. The number of halogens is 1. The average molecular weight is 236 g/mol. The Kier molecular flexibility index (Phi) is 1.51. The first-order chi connectivity index (χ1) is 4.29. The van der Waals surface area contributed by atoms with Gasteiger partial charge in [0.2, 0.25) is 0 Å². The summed E-state index contributed by atoms with van der Waals surface area (Å²) in [6, 6.07) is 0. The minimum Gasteiger partial charge on any atom is -0.0826 e. The van der Waals surface area contributed by atoms with Crippen molar-refractivity contribution in [2.75, 3.05) is 0 Å². The number of hydrogen-bond acceptors (Lipinski definition) is 0. The summed E-state index contributed by atoms with van der Waals surface area (Å²) in [7, 11) is 0. The van der Waals surface area contributed by atoms with Crippen LogP contribution in [-0.4, -0.2) is 3.92 Å². The molecule has 0 aromatic carbocycles. The van der Waals surface area contributed by atoms with Crippen LogP contribution in [0.25, 0.3) is 0 Å². The van der Waals surface area contributed by atoms with Gasteiger partial charge in [-0.05, 0) is 37.0 Å². The zero-order valence-electron chi connectivity index (χ0n) is 5.81. The van der Waals surface area contributed by atoms with Gasteiger partial charge in [-0.2, -0.15) is 0 Å². The highest BCUT2D eigenvalue weighted by Gasteiger charge is 2.47. The van der Waals surface area contributed by atoms with Crippen molar-refractivity contribution < 1.29 is 0 Å².